The molecule has 0 saturated heterocycles. The molecule has 0 aliphatic rings. The molecule has 3 rings (SSSR count). The normalized spacial score (nSPS) is 12.0. The molecule has 7 heteroatoms. The van der Waals surface area contributed by atoms with Gasteiger partial charge >= 0.3 is 0 Å². The molecule has 1 unspecified atom stereocenters. The summed E-state index contributed by atoms with van der Waals surface area (Å²) in [7, 11) is 1.63. The Morgan fingerprint density at radius 1 is 1.10 bits per heavy atom. The number of hydrogen-bond acceptors (Lipinski definition) is 5. The van der Waals surface area contributed by atoms with Crippen LogP contribution in [0.2, 0.25) is 0 Å². The summed E-state index contributed by atoms with van der Waals surface area (Å²) in [5.74, 6) is 0.725. The zero-order valence-corrected chi connectivity index (χ0v) is 18.1. The molecule has 1 atom stereocenters. The topological polar surface area (TPSA) is 67.6 Å². The number of benzene rings is 2. The largest absolute Gasteiger partial charge is 0.497 e. The van der Waals surface area contributed by atoms with Gasteiger partial charge in [0.25, 0.3) is 5.91 Å². The van der Waals surface area contributed by atoms with E-state index in [0.717, 1.165) is 23.3 Å². The van der Waals surface area contributed by atoms with Crippen molar-refractivity contribution in [3.05, 3.63) is 83.3 Å². The average molecular weight is 426 g/mol. The van der Waals surface area contributed by atoms with Crippen molar-refractivity contribution >= 4 is 5.91 Å². The van der Waals surface area contributed by atoms with Crippen molar-refractivity contribution in [3.8, 4) is 5.75 Å². The molecule has 1 N–H and O–H groups in total. The second-order valence-corrected chi connectivity index (χ2v) is 7.53. The number of carbonyl (C=O) groups excluding carboxylic acids is 1. The molecule has 0 spiro atoms. The molecule has 0 radical (unpaired) electrons. The molecular formula is C24H28FN3O3. The van der Waals surface area contributed by atoms with Crippen LogP contribution in [-0.2, 0) is 19.6 Å². The van der Waals surface area contributed by atoms with E-state index in [1.807, 2.05) is 38.1 Å². The van der Waals surface area contributed by atoms with Crippen molar-refractivity contribution in [2.24, 2.45) is 0 Å². The first-order chi connectivity index (χ1) is 15.0. The van der Waals surface area contributed by atoms with Crippen molar-refractivity contribution in [2.75, 3.05) is 7.11 Å². The molecule has 0 bridgehead atoms. The highest BCUT2D eigenvalue weighted by atomic mass is 19.1. The standard InChI is InChI=1S/C24H28FN3O3/c1-4-17(2)26-24(29)22-16-31-23(27-22)15-28(13-18-5-9-20(25)10-6-18)14-19-7-11-21(30-3)12-8-19/h5-12,16-17H,4,13-15H2,1-3H3,(H,26,29). The minimum Gasteiger partial charge on any atom is -0.497 e. The third-order valence-corrected chi connectivity index (χ3v) is 5.02. The number of carbonyl (C=O) groups is 1. The summed E-state index contributed by atoms with van der Waals surface area (Å²) in [4.78, 5) is 18.8. The second kappa shape index (κ2) is 10.7. The van der Waals surface area contributed by atoms with Gasteiger partial charge in [-0.05, 0) is 48.7 Å². The summed E-state index contributed by atoms with van der Waals surface area (Å²) >= 11 is 0. The number of nitrogens with one attached hydrogen (secondary N) is 1. The van der Waals surface area contributed by atoms with E-state index in [4.69, 9.17) is 9.15 Å². The summed E-state index contributed by atoms with van der Waals surface area (Å²) in [6.45, 7) is 5.55. The maximum absolute atomic E-state index is 13.3. The van der Waals surface area contributed by atoms with Crippen molar-refractivity contribution in [2.45, 2.75) is 45.9 Å². The molecule has 0 saturated carbocycles. The molecule has 164 valence electrons. The fourth-order valence-corrected chi connectivity index (χ4v) is 3.08. The van der Waals surface area contributed by atoms with Crippen LogP contribution in [0.3, 0.4) is 0 Å². The number of amides is 1. The highest BCUT2D eigenvalue weighted by molar-refractivity contribution is 5.92. The lowest BCUT2D eigenvalue weighted by Gasteiger charge is -2.21. The first-order valence-electron chi connectivity index (χ1n) is 10.3. The van der Waals surface area contributed by atoms with Crippen LogP contribution in [0.4, 0.5) is 4.39 Å². The Bertz CT molecular complexity index is 970. The van der Waals surface area contributed by atoms with Crippen LogP contribution in [0, 0.1) is 5.82 Å². The fraction of sp³-hybridized carbons (Fsp3) is 0.333. The van der Waals surface area contributed by atoms with Gasteiger partial charge in [-0.25, -0.2) is 9.37 Å². The van der Waals surface area contributed by atoms with E-state index in [-0.39, 0.29) is 23.5 Å². The molecule has 31 heavy (non-hydrogen) atoms. The minimum absolute atomic E-state index is 0.0673. The van der Waals surface area contributed by atoms with E-state index in [1.165, 1.54) is 18.4 Å². The highest BCUT2D eigenvalue weighted by Gasteiger charge is 2.17. The van der Waals surface area contributed by atoms with E-state index in [1.54, 1.807) is 19.2 Å². The first kappa shape index (κ1) is 22.5. The van der Waals surface area contributed by atoms with E-state index < -0.39 is 0 Å². The summed E-state index contributed by atoms with van der Waals surface area (Å²) in [5.41, 5.74) is 2.32. The van der Waals surface area contributed by atoms with Gasteiger partial charge in [0.1, 0.15) is 17.8 Å². The number of halogens is 1. The van der Waals surface area contributed by atoms with Gasteiger partial charge in [0.15, 0.2) is 5.69 Å². The molecule has 0 aliphatic carbocycles. The molecule has 1 heterocycles. The number of methoxy groups -OCH3 is 1. The van der Waals surface area contributed by atoms with Crippen LogP contribution < -0.4 is 10.1 Å². The number of ether oxygens (including phenoxy) is 1. The number of hydrogen-bond donors (Lipinski definition) is 1. The summed E-state index contributed by atoms with van der Waals surface area (Å²) < 4.78 is 24.1. The lowest BCUT2D eigenvalue weighted by molar-refractivity contribution is 0.0934. The Morgan fingerprint density at radius 2 is 1.71 bits per heavy atom. The zero-order chi connectivity index (χ0) is 22.2. The molecule has 1 aromatic heterocycles. The van der Waals surface area contributed by atoms with Gasteiger partial charge < -0.3 is 14.5 Å². The Balaban J connectivity index is 1.74. The van der Waals surface area contributed by atoms with E-state index in [0.29, 0.717) is 25.5 Å². The Labute approximate surface area is 182 Å². The highest BCUT2D eigenvalue weighted by Crippen LogP contribution is 2.17. The minimum atomic E-state index is -0.268. The number of rotatable bonds is 10. The van der Waals surface area contributed by atoms with Crippen molar-refractivity contribution in [1.82, 2.24) is 15.2 Å². The van der Waals surface area contributed by atoms with Gasteiger partial charge in [-0.1, -0.05) is 31.2 Å². The van der Waals surface area contributed by atoms with Crippen LogP contribution in [0.25, 0.3) is 0 Å². The zero-order valence-electron chi connectivity index (χ0n) is 18.1. The SMILES string of the molecule is CCC(C)NC(=O)c1coc(CN(Cc2ccc(F)cc2)Cc2ccc(OC)cc2)n1. The van der Waals surface area contributed by atoms with Crippen LogP contribution >= 0.6 is 0 Å². The maximum atomic E-state index is 13.3. The monoisotopic (exact) mass is 425 g/mol. The Morgan fingerprint density at radius 3 is 2.29 bits per heavy atom. The van der Waals surface area contributed by atoms with Crippen LogP contribution in [0.15, 0.2) is 59.2 Å². The van der Waals surface area contributed by atoms with Crippen molar-refractivity contribution in [1.29, 1.82) is 0 Å². The lowest BCUT2D eigenvalue weighted by Crippen LogP contribution is -2.32. The van der Waals surface area contributed by atoms with Crippen molar-refractivity contribution in [3.63, 3.8) is 0 Å². The molecule has 2 aromatic carbocycles. The lowest BCUT2D eigenvalue weighted by atomic mass is 10.1. The van der Waals surface area contributed by atoms with E-state index in [9.17, 15) is 9.18 Å². The molecule has 6 nitrogen and oxygen atoms in total. The van der Waals surface area contributed by atoms with Gasteiger partial charge in [-0.15, -0.1) is 0 Å². The smallest absolute Gasteiger partial charge is 0.273 e. The van der Waals surface area contributed by atoms with Crippen molar-refractivity contribution < 1.29 is 18.3 Å². The fourth-order valence-electron chi connectivity index (χ4n) is 3.08. The van der Waals surface area contributed by atoms with Crippen LogP contribution in [-0.4, -0.2) is 28.9 Å². The number of oxazole rings is 1. The van der Waals surface area contributed by atoms with Crippen LogP contribution in [0.5, 0.6) is 5.75 Å². The predicted molar refractivity (Wildman–Crippen MR) is 116 cm³/mol. The van der Waals surface area contributed by atoms with Gasteiger partial charge in [-0.2, -0.15) is 0 Å². The number of aromatic nitrogens is 1. The Hall–Kier alpha value is -3.19. The summed E-state index contributed by atoms with van der Waals surface area (Å²) in [5, 5.41) is 2.89. The third-order valence-electron chi connectivity index (χ3n) is 5.02. The molecule has 3 aromatic rings. The Kier molecular flexibility index (Phi) is 7.78. The average Bonchev–Trinajstić information content (AvgIpc) is 3.24. The third kappa shape index (κ3) is 6.65. The second-order valence-electron chi connectivity index (χ2n) is 7.53. The predicted octanol–water partition coefficient (Wildman–Crippen LogP) is 4.55. The molecular weight excluding hydrogens is 397 g/mol. The summed E-state index contributed by atoms with van der Waals surface area (Å²) in [6.07, 6.45) is 2.22. The summed E-state index contributed by atoms with van der Waals surface area (Å²) in [6, 6.07) is 14.3. The maximum Gasteiger partial charge on any atom is 0.273 e. The quantitative estimate of drug-likeness (QED) is 0.516. The van der Waals surface area contributed by atoms with Gasteiger partial charge in [-0.3, -0.25) is 9.69 Å². The van der Waals surface area contributed by atoms with Gasteiger partial charge in [0.2, 0.25) is 5.89 Å². The van der Waals surface area contributed by atoms with E-state index in [2.05, 4.69) is 15.2 Å². The van der Waals surface area contributed by atoms with Gasteiger partial charge in [0.05, 0.1) is 13.7 Å². The van der Waals surface area contributed by atoms with Crippen LogP contribution in [0.1, 0.15) is 47.8 Å². The van der Waals surface area contributed by atoms with E-state index >= 15 is 0 Å². The number of nitrogens with zero attached hydrogens (tertiary/aromatic N) is 2. The first-order valence-corrected chi connectivity index (χ1v) is 10.3. The molecule has 1 amide bonds. The van der Waals surface area contributed by atoms with Gasteiger partial charge in [0, 0.05) is 19.1 Å². The molecule has 0 fully saturated rings. The molecule has 0 aliphatic heterocycles.